The largest absolute Gasteiger partial charge is 0.245 e. The standard InChI is InChI=1S/C19H26N2O2S2/c1-12-10-13(2)16(5)17(15(12)4)25(22,23)21-19(8-6-7-9-19)18-20-14(3)11-24-18/h10-11,21H,6-9H2,1-5H3. The minimum absolute atomic E-state index is 0.435. The molecule has 0 aliphatic heterocycles. The molecule has 136 valence electrons. The number of nitrogens with zero attached hydrogens (tertiary/aromatic N) is 1. The first-order valence-corrected chi connectivity index (χ1v) is 11.1. The third-order valence-electron chi connectivity index (χ3n) is 5.38. The highest BCUT2D eigenvalue weighted by Crippen LogP contribution is 2.42. The SMILES string of the molecule is Cc1csc(C2(NS(=O)(=O)c3c(C)c(C)cc(C)c3C)CCCC2)n1. The Morgan fingerprint density at radius 2 is 1.60 bits per heavy atom. The predicted molar refractivity (Wildman–Crippen MR) is 103 cm³/mol. The number of hydrogen-bond donors (Lipinski definition) is 1. The summed E-state index contributed by atoms with van der Waals surface area (Å²) in [5.74, 6) is 0. The van der Waals surface area contributed by atoms with E-state index in [2.05, 4.69) is 15.8 Å². The Hall–Kier alpha value is -1.24. The first kappa shape index (κ1) is 18.5. The van der Waals surface area contributed by atoms with Gasteiger partial charge in [0.25, 0.3) is 0 Å². The van der Waals surface area contributed by atoms with Crippen molar-refractivity contribution in [1.82, 2.24) is 9.71 Å². The molecule has 0 bridgehead atoms. The summed E-state index contributed by atoms with van der Waals surface area (Å²) >= 11 is 1.56. The van der Waals surface area contributed by atoms with E-state index in [1.165, 1.54) is 0 Å². The van der Waals surface area contributed by atoms with E-state index >= 15 is 0 Å². The molecule has 2 aromatic rings. The lowest BCUT2D eigenvalue weighted by atomic mass is 10.0. The van der Waals surface area contributed by atoms with Gasteiger partial charge in [-0.25, -0.2) is 13.4 Å². The van der Waals surface area contributed by atoms with Crippen molar-refractivity contribution in [2.24, 2.45) is 0 Å². The van der Waals surface area contributed by atoms with Crippen LogP contribution in [-0.2, 0) is 15.6 Å². The maximum Gasteiger partial charge on any atom is 0.242 e. The van der Waals surface area contributed by atoms with Gasteiger partial charge in [-0.2, -0.15) is 4.72 Å². The van der Waals surface area contributed by atoms with Crippen molar-refractivity contribution in [2.45, 2.75) is 70.7 Å². The topological polar surface area (TPSA) is 59.1 Å². The number of hydrogen-bond acceptors (Lipinski definition) is 4. The quantitative estimate of drug-likeness (QED) is 0.856. The minimum Gasteiger partial charge on any atom is -0.245 e. The van der Waals surface area contributed by atoms with Gasteiger partial charge in [-0.15, -0.1) is 11.3 Å². The van der Waals surface area contributed by atoms with Gasteiger partial charge >= 0.3 is 0 Å². The van der Waals surface area contributed by atoms with Crippen molar-refractivity contribution in [3.05, 3.63) is 44.4 Å². The van der Waals surface area contributed by atoms with Crippen LogP contribution in [0.4, 0.5) is 0 Å². The molecule has 3 rings (SSSR count). The Labute approximate surface area is 154 Å². The van der Waals surface area contributed by atoms with Crippen LogP contribution in [0.3, 0.4) is 0 Å². The van der Waals surface area contributed by atoms with E-state index in [4.69, 9.17) is 0 Å². The second-order valence-corrected chi connectivity index (χ2v) is 9.76. The monoisotopic (exact) mass is 378 g/mol. The predicted octanol–water partition coefficient (Wildman–Crippen LogP) is 4.43. The molecule has 1 aliphatic carbocycles. The van der Waals surface area contributed by atoms with Crippen molar-refractivity contribution >= 4 is 21.4 Å². The molecule has 0 saturated heterocycles. The average molecular weight is 379 g/mol. The van der Waals surface area contributed by atoms with Gasteiger partial charge in [0.2, 0.25) is 10.0 Å². The van der Waals surface area contributed by atoms with E-state index in [0.29, 0.717) is 4.90 Å². The smallest absolute Gasteiger partial charge is 0.242 e. The summed E-state index contributed by atoms with van der Waals surface area (Å²) in [6.07, 6.45) is 3.65. The van der Waals surface area contributed by atoms with E-state index in [1.807, 2.05) is 40.0 Å². The molecule has 6 heteroatoms. The number of aryl methyl sites for hydroxylation is 3. The summed E-state index contributed by atoms with van der Waals surface area (Å²) in [6, 6.07) is 2.05. The summed E-state index contributed by atoms with van der Waals surface area (Å²) in [5.41, 5.74) is 4.07. The fourth-order valence-electron chi connectivity index (χ4n) is 3.80. The van der Waals surface area contributed by atoms with Crippen molar-refractivity contribution in [3.63, 3.8) is 0 Å². The van der Waals surface area contributed by atoms with Gasteiger partial charge in [0, 0.05) is 11.1 Å². The van der Waals surface area contributed by atoms with Crippen molar-refractivity contribution in [3.8, 4) is 0 Å². The van der Waals surface area contributed by atoms with Gasteiger partial charge in [-0.1, -0.05) is 18.9 Å². The van der Waals surface area contributed by atoms with Crippen molar-refractivity contribution in [1.29, 1.82) is 0 Å². The highest BCUT2D eigenvalue weighted by Gasteiger charge is 2.42. The van der Waals surface area contributed by atoms with Gasteiger partial charge in [0.1, 0.15) is 5.01 Å². The molecule has 0 unspecified atom stereocenters. The number of sulfonamides is 1. The highest BCUT2D eigenvalue weighted by atomic mass is 32.2. The Balaban J connectivity index is 2.10. The molecule has 1 N–H and O–H groups in total. The highest BCUT2D eigenvalue weighted by molar-refractivity contribution is 7.89. The average Bonchev–Trinajstić information content (AvgIpc) is 3.15. The van der Waals surface area contributed by atoms with Gasteiger partial charge in [-0.05, 0) is 69.7 Å². The van der Waals surface area contributed by atoms with Crippen LogP contribution < -0.4 is 4.72 Å². The molecule has 4 nitrogen and oxygen atoms in total. The Bertz CT molecular complexity index is 881. The van der Waals surface area contributed by atoms with E-state index < -0.39 is 15.6 Å². The molecule has 0 radical (unpaired) electrons. The number of aromatic nitrogens is 1. The summed E-state index contributed by atoms with van der Waals surface area (Å²) < 4.78 is 29.8. The molecule has 1 aromatic carbocycles. The molecule has 1 heterocycles. The van der Waals surface area contributed by atoms with Crippen molar-refractivity contribution < 1.29 is 8.42 Å². The number of benzene rings is 1. The van der Waals surface area contributed by atoms with Crippen LogP contribution in [0.1, 0.15) is 58.6 Å². The fraction of sp³-hybridized carbons (Fsp3) is 0.526. The molecule has 1 aromatic heterocycles. The summed E-state index contributed by atoms with van der Waals surface area (Å²) in [4.78, 5) is 5.05. The molecule has 1 saturated carbocycles. The van der Waals surface area contributed by atoms with Crippen LogP contribution in [0.25, 0.3) is 0 Å². The molecule has 1 fully saturated rings. The van der Waals surface area contributed by atoms with Crippen LogP contribution in [0.2, 0.25) is 0 Å². The zero-order valence-electron chi connectivity index (χ0n) is 15.6. The summed E-state index contributed by atoms with van der Waals surface area (Å²) in [6.45, 7) is 9.68. The van der Waals surface area contributed by atoms with Crippen molar-refractivity contribution in [2.75, 3.05) is 0 Å². The Morgan fingerprint density at radius 3 is 2.08 bits per heavy atom. The van der Waals surface area contributed by atoms with Gasteiger partial charge in [-0.3, -0.25) is 0 Å². The molecule has 1 aliphatic rings. The van der Waals surface area contributed by atoms with Crippen LogP contribution in [0, 0.1) is 34.6 Å². The molecule has 0 atom stereocenters. The lowest BCUT2D eigenvalue weighted by Gasteiger charge is -2.29. The molecule has 0 spiro atoms. The van der Waals surface area contributed by atoms with E-state index in [-0.39, 0.29) is 0 Å². The molecule has 0 amide bonds. The maximum absolute atomic E-state index is 13.4. The van der Waals surface area contributed by atoms with Crippen LogP contribution in [0.5, 0.6) is 0 Å². The summed E-state index contributed by atoms with van der Waals surface area (Å²) in [7, 11) is -3.63. The minimum atomic E-state index is -3.63. The third-order valence-corrected chi connectivity index (χ3v) is 8.35. The number of thiazole rings is 1. The third kappa shape index (κ3) is 3.27. The lowest BCUT2D eigenvalue weighted by molar-refractivity contribution is 0.401. The first-order chi connectivity index (χ1) is 11.7. The second kappa shape index (κ2) is 6.49. The van der Waals surface area contributed by atoms with Crippen LogP contribution >= 0.6 is 11.3 Å². The molecular weight excluding hydrogens is 352 g/mol. The normalized spacial score (nSPS) is 17.2. The Kier molecular flexibility index (Phi) is 4.81. The van der Waals surface area contributed by atoms with Gasteiger partial charge in [0.05, 0.1) is 10.4 Å². The van der Waals surface area contributed by atoms with Gasteiger partial charge < -0.3 is 0 Å². The van der Waals surface area contributed by atoms with E-state index in [1.54, 1.807) is 11.3 Å². The van der Waals surface area contributed by atoms with Crippen LogP contribution in [-0.4, -0.2) is 13.4 Å². The van der Waals surface area contributed by atoms with Gasteiger partial charge in [0.15, 0.2) is 0 Å². The Morgan fingerprint density at radius 1 is 1.04 bits per heavy atom. The summed E-state index contributed by atoms with van der Waals surface area (Å²) in [5, 5.41) is 2.89. The van der Waals surface area contributed by atoms with Crippen LogP contribution in [0.15, 0.2) is 16.3 Å². The number of nitrogens with one attached hydrogen (secondary N) is 1. The first-order valence-electron chi connectivity index (χ1n) is 8.70. The maximum atomic E-state index is 13.4. The fourth-order valence-corrected chi connectivity index (χ4v) is 6.93. The lowest BCUT2D eigenvalue weighted by Crippen LogP contribution is -2.44. The zero-order chi connectivity index (χ0) is 18.4. The second-order valence-electron chi connectivity index (χ2n) is 7.28. The van der Waals surface area contributed by atoms with E-state index in [9.17, 15) is 8.42 Å². The number of rotatable bonds is 4. The molecule has 25 heavy (non-hydrogen) atoms. The van der Waals surface area contributed by atoms with E-state index in [0.717, 1.165) is 58.6 Å². The molecular formula is C19H26N2O2S2. The zero-order valence-corrected chi connectivity index (χ0v) is 17.2.